The molecule has 0 unspecified atom stereocenters. The predicted molar refractivity (Wildman–Crippen MR) is 261 cm³/mol. The molecule has 0 aromatic rings. The molecule has 0 aliphatic carbocycles. The number of carbonyl (C=O) groups excluding carboxylic acids is 3. The van der Waals surface area contributed by atoms with Crippen LogP contribution in [0, 0.1) is 0 Å². The smallest absolute Gasteiger partial charge is 0.306 e. The van der Waals surface area contributed by atoms with E-state index in [1.54, 1.807) is 0 Å². The Morgan fingerprint density at radius 1 is 0.344 bits per heavy atom. The van der Waals surface area contributed by atoms with Crippen molar-refractivity contribution in [2.24, 2.45) is 0 Å². The number of carbonyl (C=O) groups is 3. The SMILES string of the molecule is CC/C=C\C/C=C\C/C=C\C/C=C\C/C=C\CCCC(=O)OC[C@@H](COC(=O)CCCCCCC/C=C\CCCCC)OC(=O)CCCCCCC/C=C\CCCCCCC. The molecule has 0 saturated carbocycles. The van der Waals surface area contributed by atoms with E-state index in [1.807, 2.05) is 0 Å². The first-order chi connectivity index (χ1) is 30.0. The lowest BCUT2D eigenvalue weighted by atomic mass is 10.1. The first-order valence-electron chi connectivity index (χ1n) is 25.1. The third-order valence-corrected chi connectivity index (χ3v) is 10.4. The van der Waals surface area contributed by atoms with E-state index in [0.29, 0.717) is 19.3 Å². The highest BCUT2D eigenvalue weighted by atomic mass is 16.6. The number of unbranched alkanes of at least 4 members (excludes halogenated alkanes) is 19. The van der Waals surface area contributed by atoms with E-state index in [1.165, 1.54) is 77.0 Å². The molecule has 0 fully saturated rings. The minimum atomic E-state index is -0.806. The maximum atomic E-state index is 12.8. The van der Waals surface area contributed by atoms with E-state index < -0.39 is 6.10 Å². The normalized spacial score (nSPS) is 12.8. The summed E-state index contributed by atoms with van der Waals surface area (Å²) in [5.74, 6) is -0.983. The van der Waals surface area contributed by atoms with Gasteiger partial charge in [-0.3, -0.25) is 14.4 Å². The quantitative estimate of drug-likeness (QED) is 0.0263. The van der Waals surface area contributed by atoms with Crippen LogP contribution in [0.25, 0.3) is 0 Å². The maximum Gasteiger partial charge on any atom is 0.306 e. The molecule has 6 heteroatoms. The number of allylic oxidation sites excluding steroid dienone is 14. The molecule has 0 amide bonds. The summed E-state index contributed by atoms with van der Waals surface area (Å²) in [5.41, 5.74) is 0. The summed E-state index contributed by atoms with van der Waals surface area (Å²) in [4.78, 5) is 37.9. The number of hydrogen-bond acceptors (Lipinski definition) is 6. The lowest BCUT2D eigenvalue weighted by Gasteiger charge is -2.18. The van der Waals surface area contributed by atoms with E-state index in [2.05, 4.69) is 106 Å². The van der Waals surface area contributed by atoms with Crippen LogP contribution in [-0.2, 0) is 28.6 Å². The van der Waals surface area contributed by atoms with Crippen LogP contribution < -0.4 is 0 Å². The zero-order valence-electron chi connectivity index (χ0n) is 39.7. The van der Waals surface area contributed by atoms with Gasteiger partial charge in [-0.15, -0.1) is 0 Å². The molecule has 0 rings (SSSR count). The molecule has 6 nitrogen and oxygen atoms in total. The van der Waals surface area contributed by atoms with Gasteiger partial charge in [0.1, 0.15) is 13.2 Å². The van der Waals surface area contributed by atoms with E-state index in [4.69, 9.17) is 14.2 Å². The Hall–Kier alpha value is -3.41. The van der Waals surface area contributed by atoms with Crippen LogP contribution in [0.1, 0.15) is 226 Å². The topological polar surface area (TPSA) is 78.9 Å². The molecule has 348 valence electrons. The van der Waals surface area contributed by atoms with Crippen molar-refractivity contribution in [3.8, 4) is 0 Å². The van der Waals surface area contributed by atoms with Gasteiger partial charge >= 0.3 is 17.9 Å². The van der Waals surface area contributed by atoms with Crippen LogP contribution in [0.4, 0.5) is 0 Å². The molecule has 0 N–H and O–H groups in total. The van der Waals surface area contributed by atoms with Crippen LogP contribution >= 0.6 is 0 Å². The Bertz CT molecular complexity index is 1200. The van der Waals surface area contributed by atoms with Crippen molar-refractivity contribution in [1.29, 1.82) is 0 Å². The Labute approximate surface area is 375 Å². The fourth-order valence-corrected chi connectivity index (χ4v) is 6.58. The Balaban J connectivity index is 4.50. The molecule has 1 atom stereocenters. The summed E-state index contributed by atoms with van der Waals surface area (Å²) in [5, 5.41) is 0. The molecule has 0 aliphatic heterocycles. The van der Waals surface area contributed by atoms with Crippen molar-refractivity contribution in [1.82, 2.24) is 0 Å². The van der Waals surface area contributed by atoms with Crippen molar-refractivity contribution in [2.75, 3.05) is 13.2 Å². The van der Waals surface area contributed by atoms with Gasteiger partial charge in [0.25, 0.3) is 0 Å². The van der Waals surface area contributed by atoms with Crippen molar-refractivity contribution in [3.05, 3.63) is 85.1 Å². The van der Waals surface area contributed by atoms with Crippen LogP contribution in [-0.4, -0.2) is 37.2 Å². The molecule has 0 spiro atoms. The lowest BCUT2D eigenvalue weighted by Crippen LogP contribution is -2.30. The molecule has 0 aromatic heterocycles. The minimum Gasteiger partial charge on any atom is -0.462 e. The minimum absolute atomic E-state index is 0.102. The van der Waals surface area contributed by atoms with Crippen molar-refractivity contribution in [3.63, 3.8) is 0 Å². The summed E-state index contributed by atoms with van der Waals surface area (Å²) in [6.45, 7) is 6.41. The van der Waals surface area contributed by atoms with Gasteiger partial charge in [0.05, 0.1) is 0 Å². The van der Waals surface area contributed by atoms with Gasteiger partial charge in [0.2, 0.25) is 0 Å². The zero-order valence-corrected chi connectivity index (χ0v) is 39.7. The largest absolute Gasteiger partial charge is 0.462 e. The Morgan fingerprint density at radius 3 is 1.11 bits per heavy atom. The van der Waals surface area contributed by atoms with Crippen molar-refractivity contribution in [2.45, 2.75) is 232 Å². The van der Waals surface area contributed by atoms with E-state index in [-0.39, 0.29) is 37.5 Å². The third-order valence-electron chi connectivity index (χ3n) is 10.4. The van der Waals surface area contributed by atoms with Gasteiger partial charge in [0, 0.05) is 19.3 Å². The zero-order chi connectivity index (χ0) is 44.4. The van der Waals surface area contributed by atoms with Crippen molar-refractivity contribution < 1.29 is 28.6 Å². The van der Waals surface area contributed by atoms with Crippen LogP contribution in [0.15, 0.2) is 85.1 Å². The average molecular weight is 849 g/mol. The summed E-state index contributed by atoms with van der Waals surface area (Å²) < 4.78 is 16.7. The van der Waals surface area contributed by atoms with E-state index >= 15 is 0 Å². The molecule has 0 aromatic carbocycles. The van der Waals surface area contributed by atoms with Gasteiger partial charge in [0.15, 0.2) is 6.10 Å². The Kier molecular flexibility index (Phi) is 46.5. The fourth-order valence-electron chi connectivity index (χ4n) is 6.58. The summed E-state index contributed by atoms with van der Waals surface area (Å²) in [6.07, 6.45) is 62.8. The van der Waals surface area contributed by atoms with Crippen molar-refractivity contribution >= 4 is 17.9 Å². The number of ether oxygens (including phenoxy) is 3. The van der Waals surface area contributed by atoms with Gasteiger partial charge in [-0.1, -0.05) is 183 Å². The molecule has 0 aliphatic rings. The van der Waals surface area contributed by atoms with Gasteiger partial charge in [-0.25, -0.2) is 0 Å². The van der Waals surface area contributed by atoms with Crippen LogP contribution in [0.5, 0.6) is 0 Å². The highest BCUT2D eigenvalue weighted by molar-refractivity contribution is 5.71. The summed E-state index contributed by atoms with van der Waals surface area (Å²) >= 11 is 0. The van der Waals surface area contributed by atoms with Gasteiger partial charge in [-0.05, 0) is 109 Å². The van der Waals surface area contributed by atoms with Crippen LogP contribution in [0.2, 0.25) is 0 Å². The van der Waals surface area contributed by atoms with E-state index in [0.717, 1.165) is 103 Å². The second-order valence-corrected chi connectivity index (χ2v) is 16.3. The fraction of sp³-hybridized carbons (Fsp3) is 0.691. The number of hydrogen-bond donors (Lipinski definition) is 0. The molecule has 0 radical (unpaired) electrons. The second-order valence-electron chi connectivity index (χ2n) is 16.3. The lowest BCUT2D eigenvalue weighted by molar-refractivity contribution is -0.167. The first-order valence-corrected chi connectivity index (χ1v) is 25.1. The molecule has 61 heavy (non-hydrogen) atoms. The molecule has 0 bridgehead atoms. The summed E-state index contributed by atoms with van der Waals surface area (Å²) in [6, 6.07) is 0. The van der Waals surface area contributed by atoms with Gasteiger partial charge < -0.3 is 14.2 Å². The first kappa shape index (κ1) is 57.6. The number of rotatable bonds is 44. The molecule has 0 saturated heterocycles. The average Bonchev–Trinajstić information content (AvgIpc) is 3.26. The van der Waals surface area contributed by atoms with E-state index in [9.17, 15) is 14.4 Å². The Morgan fingerprint density at radius 2 is 0.656 bits per heavy atom. The molecular formula is C55H92O6. The number of esters is 3. The maximum absolute atomic E-state index is 12.8. The molecular weight excluding hydrogens is 757 g/mol. The summed E-state index contributed by atoms with van der Waals surface area (Å²) in [7, 11) is 0. The van der Waals surface area contributed by atoms with Gasteiger partial charge in [-0.2, -0.15) is 0 Å². The highest BCUT2D eigenvalue weighted by Crippen LogP contribution is 2.13. The monoisotopic (exact) mass is 849 g/mol. The standard InChI is InChI=1S/C55H92O6/c1-4-7-10-13-16-19-22-25-27-28-29-31-33-36-39-42-45-48-54(57)60-51-52(50-59-53(56)47-44-41-38-35-32-24-21-18-15-12-9-6-3)61-55(58)49-46-43-40-37-34-30-26-23-20-17-14-11-8-5-2/h7,10,16,18-19,21,23,25-27,29,31,36,39,52H,4-6,8-9,11-15,17,20,22,24,28,30,32-35,37-38,40-51H2,1-3H3/b10-7-,19-16-,21-18-,26-23-,27-25-,31-29-,39-36-/t52-/m1/s1. The highest BCUT2D eigenvalue weighted by Gasteiger charge is 2.19. The van der Waals surface area contributed by atoms with Crippen LogP contribution in [0.3, 0.4) is 0 Å². The molecule has 0 heterocycles. The predicted octanol–water partition coefficient (Wildman–Crippen LogP) is 16.4. The second kappa shape index (κ2) is 49.2. The third kappa shape index (κ3) is 47.5.